The largest absolute Gasteiger partial charge is 0.493 e. The first-order chi connectivity index (χ1) is 14.8. The van der Waals surface area contributed by atoms with Gasteiger partial charge in [0.25, 0.3) is 0 Å². The molecule has 2 rings (SSSR count). The summed E-state index contributed by atoms with van der Waals surface area (Å²) in [5, 5.41) is 6.68. The van der Waals surface area contributed by atoms with Crippen LogP contribution in [0.15, 0.2) is 23.2 Å². The van der Waals surface area contributed by atoms with Gasteiger partial charge in [0.2, 0.25) is 0 Å². The second kappa shape index (κ2) is 14.0. The Kier molecular flexibility index (Phi) is 12.5. The van der Waals surface area contributed by atoms with Gasteiger partial charge in [-0.3, -0.25) is 4.99 Å². The van der Waals surface area contributed by atoms with Gasteiger partial charge in [-0.2, -0.15) is 13.2 Å². The van der Waals surface area contributed by atoms with Crippen LogP contribution in [0.1, 0.15) is 44.6 Å². The maximum absolute atomic E-state index is 12.4. The van der Waals surface area contributed by atoms with Crippen molar-refractivity contribution in [2.75, 3.05) is 40.5 Å². The molecule has 6 nitrogen and oxygen atoms in total. The van der Waals surface area contributed by atoms with Crippen molar-refractivity contribution in [2.45, 2.75) is 51.7 Å². The van der Waals surface area contributed by atoms with Crippen molar-refractivity contribution in [3.63, 3.8) is 0 Å². The van der Waals surface area contributed by atoms with E-state index in [2.05, 4.69) is 15.6 Å². The molecule has 0 aromatic heterocycles. The number of hydrogen-bond acceptors (Lipinski definition) is 4. The molecule has 0 unspecified atom stereocenters. The molecular weight excluding hydrogens is 538 g/mol. The summed E-state index contributed by atoms with van der Waals surface area (Å²) in [5.74, 6) is 0.995. The third-order valence-corrected chi connectivity index (χ3v) is 5.58. The number of methoxy groups -OCH3 is 1. The summed E-state index contributed by atoms with van der Waals surface area (Å²) in [6, 6.07) is 4.85. The molecule has 1 aliphatic rings. The van der Waals surface area contributed by atoms with E-state index < -0.39 is 12.8 Å². The van der Waals surface area contributed by atoms with Crippen LogP contribution in [0.5, 0.6) is 11.5 Å². The van der Waals surface area contributed by atoms with E-state index in [0.29, 0.717) is 12.5 Å². The molecule has 0 atom stereocenters. The van der Waals surface area contributed by atoms with Gasteiger partial charge in [-0.05, 0) is 49.3 Å². The van der Waals surface area contributed by atoms with Crippen LogP contribution < -0.4 is 20.1 Å². The summed E-state index contributed by atoms with van der Waals surface area (Å²) in [6.45, 7) is 3.43. The minimum absolute atomic E-state index is 0. The molecule has 1 aromatic carbocycles. The molecule has 1 fully saturated rings. The highest BCUT2D eigenvalue weighted by Crippen LogP contribution is 2.40. The number of halogens is 4. The summed E-state index contributed by atoms with van der Waals surface area (Å²) in [5.41, 5.74) is 1.07. The lowest BCUT2D eigenvalue weighted by molar-refractivity contribution is -0.153. The predicted octanol–water partition coefficient (Wildman–Crippen LogP) is 4.91. The molecule has 0 aliphatic heterocycles. The zero-order chi connectivity index (χ0) is 22.7. The van der Waals surface area contributed by atoms with Gasteiger partial charge in [-0.25, -0.2) is 0 Å². The van der Waals surface area contributed by atoms with Gasteiger partial charge in [0.1, 0.15) is 0 Å². The SMILES string of the molecule is CCOCCC1(CNC(=NC)NCc2ccc(OCC(F)(F)F)c(OC)c2)CCCC1.I. The Morgan fingerprint density at radius 1 is 1.16 bits per heavy atom. The van der Waals surface area contributed by atoms with Gasteiger partial charge in [-0.1, -0.05) is 18.9 Å². The third kappa shape index (κ3) is 9.60. The van der Waals surface area contributed by atoms with Gasteiger partial charge in [-0.15, -0.1) is 24.0 Å². The van der Waals surface area contributed by atoms with Crippen LogP contribution in [0.25, 0.3) is 0 Å². The van der Waals surface area contributed by atoms with E-state index in [1.807, 2.05) is 6.92 Å². The van der Waals surface area contributed by atoms with Crippen LogP contribution >= 0.6 is 24.0 Å². The highest BCUT2D eigenvalue weighted by Gasteiger charge is 2.33. The molecule has 0 saturated heterocycles. The molecule has 1 aromatic rings. The zero-order valence-corrected chi connectivity index (χ0v) is 21.3. The monoisotopic (exact) mass is 573 g/mol. The standard InChI is InChI=1S/C22H34F3N3O3.HI/c1-4-30-12-11-21(9-5-6-10-21)15-28-20(26-2)27-14-17-7-8-18(19(13-17)29-3)31-16-22(23,24)25;/h7-8,13H,4-6,9-12,14-16H2,1-3H3,(H2,26,27,28);1H. The average Bonchev–Trinajstić information content (AvgIpc) is 3.21. The molecule has 0 spiro atoms. The highest BCUT2D eigenvalue weighted by atomic mass is 127. The first-order valence-electron chi connectivity index (χ1n) is 10.7. The first-order valence-corrected chi connectivity index (χ1v) is 10.7. The van der Waals surface area contributed by atoms with E-state index in [1.165, 1.54) is 38.9 Å². The Morgan fingerprint density at radius 3 is 2.47 bits per heavy atom. The number of nitrogens with one attached hydrogen (secondary N) is 2. The number of benzene rings is 1. The van der Waals surface area contributed by atoms with E-state index in [9.17, 15) is 13.2 Å². The van der Waals surface area contributed by atoms with Crippen LogP contribution in [0.3, 0.4) is 0 Å². The molecule has 0 bridgehead atoms. The lowest BCUT2D eigenvalue weighted by atomic mass is 9.83. The van der Waals surface area contributed by atoms with Gasteiger partial charge in [0.15, 0.2) is 24.1 Å². The molecule has 1 aliphatic carbocycles. The average molecular weight is 573 g/mol. The van der Waals surface area contributed by atoms with Crippen molar-refractivity contribution >= 4 is 29.9 Å². The van der Waals surface area contributed by atoms with Crippen molar-refractivity contribution in [2.24, 2.45) is 10.4 Å². The molecular formula is C22H35F3IN3O3. The summed E-state index contributed by atoms with van der Waals surface area (Å²) in [7, 11) is 3.11. The molecule has 0 heterocycles. The quantitative estimate of drug-likeness (QED) is 0.171. The number of hydrogen-bond donors (Lipinski definition) is 2. The molecule has 0 radical (unpaired) electrons. The van der Waals surface area contributed by atoms with Gasteiger partial charge >= 0.3 is 6.18 Å². The van der Waals surface area contributed by atoms with Crippen LogP contribution in [-0.2, 0) is 11.3 Å². The van der Waals surface area contributed by atoms with Crippen LogP contribution in [0, 0.1) is 5.41 Å². The third-order valence-electron chi connectivity index (χ3n) is 5.58. The minimum atomic E-state index is -4.40. The smallest absolute Gasteiger partial charge is 0.422 e. The Labute approximate surface area is 205 Å². The second-order valence-corrected chi connectivity index (χ2v) is 7.82. The van der Waals surface area contributed by atoms with Crippen molar-refractivity contribution in [1.82, 2.24) is 10.6 Å². The van der Waals surface area contributed by atoms with Crippen molar-refractivity contribution in [1.29, 1.82) is 0 Å². The van der Waals surface area contributed by atoms with Crippen molar-refractivity contribution in [3.8, 4) is 11.5 Å². The number of guanidine groups is 1. The zero-order valence-electron chi connectivity index (χ0n) is 19.0. The summed E-state index contributed by atoms with van der Waals surface area (Å²) >= 11 is 0. The summed E-state index contributed by atoms with van der Waals surface area (Å²) < 4.78 is 52.8. The number of aliphatic imine (C=N–C) groups is 1. The maximum atomic E-state index is 12.4. The number of nitrogens with zero attached hydrogens (tertiary/aromatic N) is 1. The summed E-state index contributed by atoms with van der Waals surface area (Å²) in [4.78, 5) is 4.29. The number of alkyl halides is 3. The summed E-state index contributed by atoms with van der Waals surface area (Å²) in [6.07, 6.45) is 1.47. The van der Waals surface area contributed by atoms with Crippen molar-refractivity contribution in [3.05, 3.63) is 23.8 Å². The van der Waals surface area contributed by atoms with Gasteiger partial charge in [0, 0.05) is 33.4 Å². The normalized spacial score (nSPS) is 15.8. The van der Waals surface area contributed by atoms with E-state index in [0.717, 1.165) is 31.7 Å². The minimum Gasteiger partial charge on any atom is -0.493 e. The van der Waals surface area contributed by atoms with E-state index in [4.69, 9.17) is 14.2 Å². The van der Waals surface area contributed by atoms with Crippen LogP contribution in [0.2, 0.25) is 0 Å². The lowest BCUT2D eigenvalue weighted by Gasteiger charge is -2.30. The fourth-order valence-corrected chi connectivity index (χ4v) is 3.85. The van der Waals surface area contributed by atoms with E-state index >= 15 is 0 Å². The predicted molar refractivity (Wildman–Crippen MR) is 130 cm³/mol. The van der Waals surface area contributed by atoms with Crippen LogP contribution in [0.4, 0.5) is 13.2 Å². The Balaban J connectivity index is 0.00000512. The fourth-order valence-electron chi connectivity index (χ4n) is 3.85. The number of rotatable bonds is 11. The molecule has 0 amide bonds. The Hall–Kier alpha value is -1.43. The highest BCUT2D eigenvalue weighted by molar-refractivity contribution is 14.0. The van der Waals surface area contributed by atoms with Crippen LogP contribution in [-0.4, -0.2) is 52.7 Å². The van der Waals surface area contributed by atoms with Crippen molar-refractivity contribution < 1.29 is 27.4 Å². The first kappa shape index (κ1) is 28.6. The molecule has 1 saturated carbocycles. The maximum Gasteiger partial charge on any atom is 0.422 e. The molecule has 2 N–H and O–H groups in total. The van der Waals surface area contributed by atoms with E-state index in [1.54, 1.807) is 19.2 Å². The fraction of sp³-hybridized carbons (Fsp3) is 0.682. The molecule has 184 valence electrons. The lowest BCUT2D eigenvalue weighted by Crippen LogP contribution is -2.43. The number of ether oxygens (including phenoxy) is 3. The Bertz CT molecular complexity index is 711. The Morgan fingerprint density at radius 2 is 1.88 bits per heavy atom. The van der Waals surface area contributed by atoms with Gasteiger partial charge < -0.3 is 24.8 Å². The van der Waals surface area contributed by atoms with Gasteiger partial charge in [0.05, 0.1) is 7.11 Å². The second-order valence-electron chi connectivity index (χ2n) is 7.82. The van der Waals surface area contributed by atoms with E-state index in [-0.39, 0.29) is 40.9 Å². The topological polar surface area (TPSA) is 64.1 Å². The molecule has 10 heteroatoms. The molecule has 32 heavy (non-hydrogen) atoms.